The Labute approximate surface area is 50.5 Å². The first-order chi connectivity index (χ1) is 3.85. The molecule has 0 aromatic heterocycles. The molecule has 0 saturated heterocycles. The highest BCUT2D eigenvalue weighted by molar-refractivity contribution is 4.87. The summed E-state index contributed by atoms with van der Waals surface area (Å²) in [4.78, 5) is 0. The molecule has 0 radical (unpaired) electrons. The molecule has 8 heavy (non-hydrogen) atoms. The van der Waals surface area contributed by atoms with Gasteiger partial charge in [0.2, 0.25) is 0 Å². The molecule has 0 aromatic rings. The maximum atomic E-state index is 8.34. The van der Waals surface area contributed by atoms with Gasteiger partial charge in [-0.1, -0.05) is 13.3 Å². The fourth-order valence-corrected chi connectivity index (χ4v) is 0.562. The average molecular weight is 112 g/mol. The van der Waals surface area contributed by atoms with Gasteiger partial charge in [-0.05, 0) is 13.5 Å². The van der Waals surface area contributed by atoms with Crippen molar-refractivity contribution < 1.29 is 0 Å². The van der Waals surface area contributed by atoms with Gasteiger partial charge < -0.3 is 5.32 Å². The molecule has 0 aliphatic rings. The fourth-order valence-electron chi connectivity index (χ4n) is 0.562. The summed E-state index contributed by atoms with van der Waals surface area (Å²) >= 11 is 0. The highest BCUT2D eigenvalue weighted by atomic mass is 14.9. The molecule has 0 bridgehead atoms. The first kappa shape index (κ1) is 7.45. The minimum atomic E-state index is 0.0556. The SMILES string of the molecule is CCC[C@@H](C#N)NC. The highest BCUT2D eigenvalue weighted by Crippen LogP contribution is 1.91. The van der Waals surface area contributed by atoms with Crippen LogP contribution in [0.4, 0.5) is 0 Å². The van der Waals surface area contributed by atoms with Crippen molar-refractivity contribution in [1.82, 2.24) is 5.32 Å². The molecular weight excluding hydrogens is 100 g/mol. The lowest BCUT2D eigenvalue weighted by Crippen LogP contribution is -2.22. The fraction of sp³-hybridized carbons (Fsp3) is 0.833. The molecule has 0 saturated carbocycles. The molecule has 0 unspecified atom stereocenters. The number of nitrogens with zero attached hydrogens (tertiary/aromatic N) is 1. The molecule has 2 nitrogen and oxygen atoms in total. The van der Waals surface area contributed by atoms with Crippen molar-refractivity contribution in [3.63, 3.8) is 0 Å². The Hall–Kier alpha value is -0.550. The predicted octanol–water partition coefficient (Wildman–Crippen LogP) is 0.898. The van der Waals surface area contributed by atoms with E-state index >= 15 is 0 Å². The summed E-state index contributed by atoms with van der Waals surface area (Å²) < 4.78 is 0. The Balaban J connectivity index is 3.26. The Morgan fingerprint density at radius 1 is 1.75 bits per heavy atom. The van der Waals surface area contributed by atoms with Gasteiger partial charge in [0.1, 0.15) is 0 Å². The second kappa shape index (κ2) is 4.61. The average Bonchev–Trinajstić information content (AvgIpc) is 1.83. The van der Waals surface area contributed by atoms with Gasteiger partial charge in [-0.2, -0.15) is 5.26 Å². The van der Waals surface area contributed by atoms with Crippen LogP contribution in [0.1, 0.15) is 19.8 Å². The normalized spacial score (nSPS) is 12.6. The lowest BCUT2D eigenvalue weighted by Gasteiger charge is -2.02. The molecule has 1 N–H and O–H groups in total. The second-order valence-corrected chi connectivity index (χ2v) is 1.76. The van der Waals surface area contributed by atoms with Crippen molar-refractivity contribution in [2.24, 2.45) is 0 Å². The van der Waals surface area contributed by atoms with Crippen LogP contribution in [0.3, 0.4) is 0 Å². The minimum absolute atomic E-state index is 0.0556. The molecule has 0 aliphatic carbocycles. The molecule has 0 amide bonds. The van der Waals surface area contributed by atoms with Gasteiger partial charge in [0, 0.05) is 0 Å². The van der Waals surface area contributed by atoms with E-state index < -0.39 is 0 Å². The van der Waals surface area contributed by atoms with Crippen LogP contribution in [-0.4, -0.2) is 13.1 Å². The van der Waals surface area contributed by atoms with Crippen molar-refractivity contribution in [2.75, 3.05) is 7.05 Å². The largest absolute Gasteiger partial charge is 0.305 e. The maximum Gasteiger partial charge on any atom is 0.0950 e. The van der Waals surface area contributed by atoms with E-state index in [1.165, 1.54) is 0 Å². The van der Waals surface area contributed by atoms with Crippen LogP contribution < -0.4 is 5.32 Å². The van der Waals surface area contributed by atoms with Gasteiger partial charge in [0.15, 0.2) is 0 Å². The smallest absolute Gasteiger partial charge is 0.0950 e. The van der Waals surface area contributed by atoms with Crippen LogP contribution in [0.5, 0.6) is 0 Å². The highest BCUT2D eigenvalue weighted by Gasteiger charge is 1.98. The van der Waals surface area contributed by atoms with Gasteiger partial charge in [0.05, 0.1) is 12.1 Å². The van der Waals surface area contributed by atoms with E-state index in [0.717, 1.165) is 12.8 Å². The summed E-state index contributed by atoms with van der Waals surface area (Å²) in [5.74, 6) is 0. The lowest BCUT2D eigenvalue weighted by molar-refractivity contribution is 0.614. The molecule has 46 valence electrons. The zero-order valence-corrected chi connectivity index (χ0v) is 5.44. The van der Waals surface area contributed by atoms with Crippen molar-refractivity contribution in [2.45, 2.75) is 25.8 Å². The summed E-state index contributed by atoms with van der Waals surface area (Å²) in [6.07, 6.45) is 2.02. The van der Waals surface area contributed by atoms with E-state index in [4.69, 9.17) is 5.26 Å². The second-order valence-electron chi connectivity index (χ2n) is 1.76. The van der Waals surface area contributed by atoms with Gasteiger partial charge in [-0.3, -0.25) is 0 Å². The Morgan fingerprint density at radius 2 is 2.38 bits per heavy atom. The van der Waals surface area contributed by atoms with Crippen molar-refractivity contribution in [3.8, 4) is 6.07 Å². The number of nitriles is 1. The Bertz CT molecular complexity index is 83.0. The molecule has 0 aliphatic heterocycles. The number of nitrogens with one attached hydrogen (secondary N) is 1. The van der Waals surface area contributed by atoms with Gasteiger partial charge in [-0.25, -0.2) is 0 Å². The molecule has 0 fully saturated rings. The number of hydrogen-bond acceptors (Lipinski definition) is 2. The van der Waals surface area contributed by atoms with Crippen LogP contribution in [0.25, 0.3) is 0 Å². The van der Waals surface area contributed by atoms with Crippen LogP contribution >= 0.6 is 0 Å². The van der Waals surface area contributed by atoms with Crippen molar-refractivity contribution >= 4 is 0 Å². The standard InChI is InChI=1S/C6H12N2/c1-3-4-6(5-7)8-2/h6,8H,3-4H2,1-2H3/t6-/m0/s1. The summed E-state index contributed by atoms with van der Waals surface area (Å²) in [7, 11) is 1.81. The van der Waals surface area contributed by atoms with Crippen molar-refractivity contribution in [3.05, 3.63) is 0 Å². The third kappa shape index (κ3) is 2.59. The zero-order chi connectivity index (χ0) is 6.41. The van der Waals surface area contributed by atoms with E-state index in [9.17, 15) is 0 Å². The van der Waals surface area contributed by atoms with E-state index in [2.05, 4.69) is 18.3 Å². The maximum absolute atomic E-state index is 8.34. The van der Waals surface area contributed by atoms with E-state index in [1.807, 2.05) is 7.05 Å². The van der Waals surface area contributed by atoms with Crippen LogP contribution in [0.2, 0.25) is 0 Å². The van der Waals surface area contributed by atoms with E-state index in [1.54, 1.807) is 0 Å². The van der Waals surface area contributed by atoms with Crippen LogP contribution in [-0.2, 0) is 0 Å². The third-order valence-corrected chi connectivity index (χ3v) is 1.08. The van der Waals surface area contributed by atoms with Crippen molar-refractivity contribution in [1.29, 1.82) is 5.26 Å². The summed E-state index contributed by atoms with van der Waals surface area (Å²) in [5, 5.41) is 11.2. The number of rotatable bonds is 3. The molecule has 1 atom stereocenters. The summed E-state index contributed by atoms with van der Waals surface area (Å²) in [6.45, 7) is 2.07. The molecule has 0 aromatic carbocycles. The summed E-state index contributed by atoms with van der Waals surface area (Å²) in [6, 6.07) is 2.20. The van der Waals surface area contributed by atoms with E-state index in [0.29, 0.717) is 0 Å². The number of hydrogen-bond donors (Lipinski definition) is 1. The lowest BCUT2D eigenvalue weighted by atomic mass is 10.2. The molecule has 0 rings (SSSR count). The van der Waals surface area contributed by atoms with Gasteiger partial charge in [0.25, 0.3) is 0 Å². The summed E-state index contributed by atoms with van der Waals surface area (Å²) in [5.41, 5.74) is 0. The Morgan fingerprint density at radius 3 is 2.50 bits per heavy atom. The first-order valence-electron chi connectivity index (χ1n) is 2.92. The van der Waals surface area contributed by atoms with Crippen LogP contribution in [0.15, 0.2) is 0 Å². The first-order valence-corrected chi connectivity index (χ1v) is 2.92. The quantitative estimate of drug-likeness (QED) is 0.588. The molecular formula is C6H12N2. The molecule has 2 heteroatoms. The molecule has 0 spiro atoms. The van der Waals surface area contributed by atoms with Gasteiger partial charge in [-0.15, -0.1) is 0 Å². The topological polar surface area (TPSA) is 35.8 Å². The van der Waals surface area contributed by atoms with Gasteiger partial charge >= 0.3 is 0 Å². The predicted molar refractivity (Wildman–Crippen MR) is 33.4 cm³/mol. The van der Waals surface area contributed by atoms with Crippen LogP contribution in [0, 0.1) is 11.3 Å². The Kier molecular flexibility index (Phi) is 4.29. The van der Waals surface area contributed by atoms with E-state index in [-0.39, 0.29) is 6.04 Å². The minimum Gasteiger partial charge on any atom is -0.305 e. The monoisotopic (exact) mass is 112 g/mol. The zero-order valence-electron chi connectivity index (χ0n) is 5.44. The molecule has 0 heterocycles. The third-order valence-electron chi connectivity index (χ3n) is 1.08.